The van der Waals surface area contributed by atoms with Crippen LogP contribution in [0.25, 0.3) is 16.8 Å². The lowest BCUT2D eigenvalue weighted by Crippen LogP contribution is -2.28. The minimum absolute atomic E-state index is 0.275. The van der Waals surface area contributed by atoms with E-state index in [1.54, 1.807) is 33.5 Å². The zero-order chi connectivity index (χ0) is 15.2. The van der Waals surface area contributed by atoms with E-state index >= 15 is 0 Å². The van der Waals surface area contributed by atoms with Crippen molar-refractivity contribution >= 4 is 22.9 Å². The number of carbonyl (C=O) groups is 1. The molecule has 5 heteroatoms. The van der Waals surface area contributed by atoms with Gasteiger partial charge < -0.3 is 20.1 Å². The van der Waals surface area contributed by atoms with Crippen LogP contribution in [0.2, 0.25) is 0 Å². The third kappa shape index (κ3) is 3.25. The minimum atomic E-state index is -0.275. The predicted molar refractivity (Wildman–Crippen MR) is 83.7 cm³/mol. The molecule has 0 fully saturated rings. The second-order valence-corrected chi connectivity index (χ2v) is 4.33. The number of amides is 2. The van der Waals surface area contributed by atoms with Gasteiger partial charge in [0.1, 0.15) is 11.5 Å². The van der Waals surface area contributed by atoms with Gasteiger partial charge in [-0.15, -0.1) is 0 Å². The van der Waals surface area contributed by atoms with Crippen LogP contribution < -0.4 is 20.1 Å². The summed E-state index contributed by atoms with van der Waals surface area (Å²) in [7, 11) is 4.81. The summed E-state index contributed by atoms with van der Waals surface area (Å²) in [5.41, 5.74) is 0.880. The minimum Gasteiger partial charge on any atom is -0.497 e. The van der Waals surface area contributed by atoms with Gasteiger partial charge in [0.25, 0.3) is 0 Å². The second kappa shape index (κ2) is 6.65. The third-order valence-corrected chi connectivity index (χ3v) is 3.14. The molecular formula is C16H18N2O3. The number of urea groups is 1. The summed E-state index contributed by atoms with van der Waals surface area (Å²) in [6, 6.07) is 9.44. The van der Waals surface area contributed by atoms with Gasteiger partial charge in [-0.05, 0) is 35.0 Å². The summed E-state index contributed by atoms with van der Waals surface area (Å²) in [6.07, 6.45) is 3.38. The Morgan fingerprint density at radius 3 is 2.57 bits per heavy atom. The standard InChI is InChI=1S/C16H18N2O3/c1-17-16(19)18-9-8-13-14-10-12(20-2)6-4-11(14)5-7-15(13)21-3/h4-10H,1-3H3,(H2,17,18,19)/b9-8+. The quantitative estimate of drug-likeness (QED) is 0.908. The molecule has 2 aromatic carbocycles. The van der Waals surface area contributed by atoms with Crippen molar-refractivity contribution in [3.05, 3.63) is 42.1 Å². The molecule has 5 nitrogen and oxygen atoms in total. The van der Waals surface area contributed by atoms with E-state index in [2.05, 4.69) is 10.6 Å². The summed E-state index contributed by atoms with van der Waals surface area (Å²) in [5.74, 6) is 1.50. The lowest BCUT2D eigenvalue weighted by molar-refractivity contribution is 0.246. The number of hydrogen-bond donors (Lipinski definition) is 2. The zero-order valence-corrected chi connectivity index (χ0v) is 12.3. The van der Waals surface area contributed by atoms with Gasteiger partial charge in [-0.2, -0.15) is 0 Å². The monoisotopic (exact) mass is 286 g/mol. The summed E-state index contributed by atoms with van der Waals surface area (Å²) in [6.45, 7) is 0. The first-order valence-electron chi connectivity index (χ1n) is 6.49. The van der Waals surface area contributed by atoms with Crippen LogP contribution in [0, 0.1) is 0 Å². The van der Waals surface area contributed by atoms with Crippen molar-refractivity contribution in [3.63, 3.8) is 0 Å². The van der Waals surface area contributed by atoms with Gasteiger partial charge in [0, 0.05) is 18.8 Å². The Morgan fingerprint density at radius 1 is 1.14 bits per heavy atom. The molecule has 0 saturated carbocycles. The van der Waals surface area contributed by atoms with Gasteiger partial charge in [-0.3, -0.25) is 0 Å². The van der Waals surface area contributed by atoms with Crippen molar-refractivity contribution in [2.45, 2.75) is 0 Å². The van der Waals surface area contributed by atoms with Crippen LogP contribution in [-0.2, 0) is 0 Å². The van der Waals surface area contributed by atoms with Crippen LogP contribution in [-0.4, -0.2) is 27.3 Å². The molecule has 0 aliphatic carbocycles. The molecular weight excluding hydrogens is 268 g/mol. The Bertz CT molecular complexity index is 675. The number of benzene rings is 2. The average Bonchev–Trinajstić information content (AvgIpc) is 2.54. The van der Waals surface area contributed by atoms with Crippen molar-refractivity contribution < 1.29 is 14.3 Å². The number of methoxy groups -OCH3 is 2. The van der Waals surface area contributed by atoms with Gasteiger partial charge in [0.15, 0.2) is 0 Å². The molecule has 2 N–H and O–H groups in total. The maximum atomic E-state index is 11.2. The van der Waals surface area contributed by atoms with Gasteiger partial charge in [-0.1, -0.05) is 12.1 Å². The molecule has 0 unspecified atom stereocenters. The maximum absolute atomic E-state index is 11.2. The fourth-order valence-electron chi connectivity index (χ4n) is 2.05. The topological polar surface area (TPSA) is 59.6 Å². The maximum Gasteiger partial charge on any atom is 0.318 e. The van der Waals surface area contributed by atoms with E-state index in [0.717, 1.165) is 27.8 Å². The van der Waals surface area contributed by atoms with Crippen molar-refractivity contribution in [2.75, 3.05) is 21.3 Å². The van der Waals surface area contributed by atoms with E-state index < -0.39 is 0 Å². The smallest absolute Gasteiger partial charge is 0.318 e. The third-order valence-electron chi connectivity index (χ3n) is 3.14. The molecule has 0 aliphatic heterocycles. The number of rotatable bonds is 4. The van der Waals surface area contributed by atoms with Crippen LogP contribution in [0.3, 0.4) is 0 Å². The molecule has 0 aromatic heterocycles. The highest BCUT2D eigenvalue weighted by atomic mass is 16.5. The van der Waals surface area contributed by atoms with Gasteiger partial charge in [0.2, 0.25) is 0 Å². The number of fused-ring (bicyclic) bond motifs is 1. The zero-order valence-electron chi connectivity index (χ0n) is 12.3. The summed E-state index contributed by atoms with van der Waals surface area (Å²) < 4.78 is 10.7. The molecule has 0 aliphatic rings. The molecule has 2 rings (SSSR count). The Kier molecular flexibility index (Phi) is 4.66. The van der Waals surface area contributed by atoms with Crippen molar-refractivity contribution in [2.24, 2.45) is 0 Å². The number of nitrogens with one attached hydrogen (secondary N) is 2. The molecule has 110 valence electrons. The van der Waals surface area contributed by atoms with Gasteiger partial charge >= 0.3 is 6.03 Å². The Hall–Kier alpha value is -2.69. The fraction of sp³-hybridized carbons (Fsp3) is 0.188. The molecule has 21 heavy (non-hydrogen) atoms. The molecule has 0 saturated heterocycles. The normalized spacial score (nSPS) is 10.6. The largest absolute Gasteiger partial charge is 0.497 e. The van der Waals surface area contributed by atoms with E-state index in [9.17, 15) is 4.79 Å². The first-order chi connectivity index (χ1) is 10.2. The van der Waals surface area contributed by atoms with Crippen LogP contribution in [0.15, 0.2) is 36.5 Å². The number of carbonyl (C=O) groups excluding carboxylic acids is 1. The molecule has 0 heterocycles. The van der Waals surface area contributed by atoms with Crippen molar-refractivity contribution in [1.29, 1.82) is 0 Å². The SMILES string of the molecule is CNC(=O)N/C=C/c1c(OC)ccc2ccc(OC)cc12. The molecule has 0 spiro atoms. The highest BCUT2D eigenvalue weighted by Crippen LogP contribution is 2.31. The van der Waals surface area contributed by atoms with Crippen LogP contribution in [0.5, 0.6) is 11.5 Å². The lowest BCUT2D eigenvalue weighted by Gasteiger charge is -2.10. The molecule has 0 bridgehead atoms. The fourth-order valence-corrected chi connectivity index (χ4v) is 2.05. The number of hydrogen-bond acceptors (Lipinski definition) is 3. The van der Waals surface area contributed by atoms with E-state index in [1.165, 1.54) is 0 Å². The first-order valence-corrected chi connectivity index (χ1v) is 6.49. The molecule has 0 atom stereocenters. The highest BCUT2D eigenvalue weighted by Gasteiger charge is 2.07. The Balaban J connectivity index is 2.49. The Morgan fingerprint density at radius 2 is 1.90 bits per heavy atom. The molecule has 2 aromatic rings. The van der Waals surface area contributed by atoms with E-state index in [1.807, 2.05) is 30.3 Å². The summed E-state index contributed by atoms with van der Waals surface area (Å²) in [5, 5.41) is 7.15. The Labute approximate surface area is 123 Å². The number of ether oxygens (including phenoxy) is 2. The van der Waals surface area contributed by atoms with E-state index in [-0.39, 0.29) is 6.03 Å². The average molecular weight is 286 g/mol. The van der Waals surface area contributed by atoms with Crippen LogP contribution >= 0.6 is 0 Å². The van der Waals surface area contributed by atoms with Gasteiger partial charge in [0.05, 0.1) is 14.2 Å². The van der Waals surface area contributed by atoms with Crippen molar-refractivity contribution in [3.8, 4) is 11.5 Å². The van der Waals surface area contributed by atoms with Crippen LogP contribution in [0.4, 0.5) is 4.79 Å². The summed E-state index contributed by atoms with van der Waals surface area (Å²) >= 11 is 0. The van der Waals surface area contributed by atoms with Crippen LogP contribution in [0.1, 0.15) is 5.56 Å². The predicted octanol–water partition coefficient (Wildman–Crippen LogP) is 2.76. The highest BCUT2D eigenvalue weighted by molar-refractivity contribution is 5.94. The summed E-state index contributed by atoms with van der Waals surface area (Å²) in [4.78, 5) is 11.2. The van der Waals surface area contributed by atoms with E-state index in [4.69, 9.17) is 9.47 Å². The van der Waals surface area contributed by atoms with E-state index in [0.29, 0.717) is 0 Å². The second-order valence-electron chi connectivity index (χ2n) is 4.33. The lowest BCUT2D eigenvalue weighted by atomic mass is 10.0. The van der Waals surface area contributed by atoms with Crippen molar-refractivity contribution in [1.82, 2.24) is 10.6 Å². The first kappa shape index (κ1) is 14.7. The van der Waals surface area contributed by atoms with Gasteiger partial charge in [-0.25, -0.2) is 4.79 Å². The molecule has 2 amide bonds. The molecule has 0 radical (unpaired) electrons.